The number of fused-ring (bicyclic) bond motifs is 1. The number of halogens is 1. The third-order valence-corrected chi connectivity index (χ3v) is 3.40. The number of anilines is 1. The molecule has 0 unspecified atom stereocenters. The van der Waals surface area contributed by atoms with Crippen LogP contribution in [0.4, 0.5) is 10.1 Å². The Labute approximate surface area is 125 Å². The Bertz CT molecular complexity index is 885. The summed E-state index contributed by atoms with van der Waals surface area (Å²) in [5.74, 6) is -0.829. The average molecular weight is 296 g/mol. The standard InChI is InChI=1S/C16H13FN4O/c1-10-6-12(17)11(8-18)7-13(10)20-16(22)14-9-19-15-4-2-3-5-21(14)15/h2-9,18H,1H3,(H,20,22). The largest absolute Gasteiger partial charge is 0.320 e. The number of carbonyl (C=O) groups is 1. The number of aryl methyl sites for hydroxylation is 1. The lowest BCUT2D eigenvalue weighted by molar-refractivity contribution is 0.102. The van der Waals surface area contributed by atoms with E-state index in [9.17, 15) is 9.18 Å². The molecule has 0 aliphatic carbocycles. The number of rotatable bonds is 3. The van der Waals surface area contributed by atoms with E-state index in [1.54, 1.807) is 23.6 Å². The first-order valence-electron chi connectivity index (χ1n) is 6.64. The van der Waals surface area contributed by atoms with Crippen LogP contribution >= 0.6 is 0 Å². The normalized spacial score (nSPS) is 10.6. The summed E-state index contributed by atoms with van der Waals surface area (Å²) in [4.78, 5) is 16.6. The van der Waals surface area contributed by atoms with Crippen LogP contribution in [0, 0.1) is 18.2 Å². The third kappa shape index (κ3) is 2.35. The van der Waals surface area contributed by atoms with Crippen molar-refractivity contribution in [3.05, 3.63) is 65.4 Å². The first-order valence-corrected chi connectivity index (χ1v) is 6.64. The van der Waals surface area contributed by atoms with Crippen molar-refractivity contribution in [2.45, 2.75) is 6.92 Å². The predicted molar refractivity (Wildman–Crippen MR) is 82.2 cm³/mol. The molecule has 0 fully saturated rings. The van der Waals surface area contributed by atoms with Crippen LogP contribution in [0.25, 0.3) is 5.65 Å². The predicted octanol–water partition coefficient (Wildman–Crippen LogP) is 3.03. The number of nitrogens with zero attached hydrogens (tertiary/aromatic N) is 2. The molecule has 0 aliphatic heterocycles. The third-order valence-electron chi connectivity index (χ3n) is 3.40. The van der Waals surface area contributed by atoms with Gasteiger partial charge < -0.3 is 10.7 Å². The molecule has 0 bridgehead atoms. The van der Waals surface area contributed by atoms with Crippen molar-refractivity contribution in [3.8, 4) is 0 Å². The first-order chi connectivity index (χ1) is 10.6. The van der Waals surface area contributed by atoms with Crippen LogP contribution in [0.15, 0.2) is 42.7 Å². The SMILES string of the molecule is Cc1cc(F)c(C=N)cc1NC(=O)c1cnc2ccccn12. The van der Waals surface area contributed by atoms with Gasteiger partial charge in [-0.1, -0.05) is 6.07 Å². The number of carbonyl (C=O) groups excluding carboxylic acids is 1. The minimum absolute atomic E-state index is 0.124. The van der Waals surface area contributed by atoms with Gasteiger partial charge in [0.25, 0.3) is 5.91 Å². The van der Waals surface area contributed by atoms with Gasteiger partial charge in [-0.3, -0.25) is 9.20 Å². The molecule has 22 heavy (non-hydrogen) atoms. The Morgan fingerprint density at radius 2 is 2.23 bits per heavy atom. The fraction of sp³-hybridized carbons (Fsp3) is 0.0625. The lowest BCUT2D eigenvalue weighted by atomic mass is 10.1. The molecular formula is C16H13FN4O. The van der Waals surface area contributed by atoms with Crippen LogP contribution in [-0.4, -0.2) is 21.5 Å². The first kappa shape index (κ1) is 13.9. The van der Waals surface area contributed by atoms with Crippen LogP contribution in [0.1, 0.15) is 21.6 Å². The molecule has 1 amide bonds. The van der Waals surface area contributed by atoms with Gasteiger partial charge in [0.05, 0.1) is 6.20 Å². The zero-order valence-electron chi connectivity index (χ0n) is 11.8. The van der Waals surface area contributed by atoms with E-state index in [1.165, 1.54) is 18.3 Å². The Hall–Kier alpha value is -3.02. The number of nitrogens with one attached hydrogen (secondary N) is 2. The number of aromatic nitrogens is 2. The van der Waals surface area contributed by atoms with Gasteiger partial charge in [0.1, 0.15) is 17.2 Å². The number of hydrogen-bond donors (Lipinski definition) is 2. The monoisotopic (exact) mass is 296 g/mol. The lowest BCUT2D eigenvalue weighted by Crippen LogP contribution is -2.15. The molecule has 0 saturated heterocycles. The highest BCUT2D eigenvalue weighted by molar-refractivity contribution is 6.04. The number of benzene rings is 1. The van der Waals surface area contributed by atoms with Crippen LogP contribution in [0.5, 0.6) is 0 Å². The number of hydrogen-bond acceptors (Lipinski definition) is 3. The molecule has 2 heterocycles. The van der Waals surface area contributed by atoms with Gasteiger partial charge in [-0.25, -0.2) is 9.37 Å². The van der Waals surface area contributed by atoms with E-state index >= 15 is 0 Å². The van der Waals surface area contributed by atoms with Gasteiger partial charge in [-0.2, -0.15) is 0 Å². The van der Waals surface area contributed by atoms with Gasteiger partial charge >= 0.3 is 0 Å². The summed E-state index contributed by atoms with van der Waals surface area (Å²) in [6.45, 7) is 1.70. The molecule has 3 rings (SSSR count). The van der Waals surface area contributed by atoms with E-state index in [-0.39, 0.29) is 11.5 Å². The maximum atomic E-state index is 13.6. The molecular weight excluding hydrogens is 283 g/mol. The van der Waals surface area contributed by atoms with E-state index in [0.717, 1.165) is 6.21 Å². The fourth-order valence-electron chi connectivity index (χ4n) is 2.22. The minimum atomic E-state index is -0.486. The minimum Gasteiger partial charge on any atom is -0.320 e. The molecule has 3 aromatic rings. The van der Waals surface area contributed by atoms with Gasteiger partial charge in [0, 0.05) is 23.7 Å². The maximum Gasteiger partial charge on any atom is 0.274 e. The van der Waals surface area contributed by atoms with Crippen LogP contribution in [-0.2, 0) is 0 Å². The van der Waals surface area contributed by atoms with E-state index < -0.39 is 5.82 Å². The Balaban J connectivity index is 1.96. The zero-order chi connectivity index (χ0) is 15.7. The Morgan fingerprint density at radius 1 is 1.41 bits per heavy atom. The molecule has 1 aromatic carbocycles. The summed E-state index contributed by atoms with van der Waals surface area (Å²) in [5.41, 5.74) is 2.24. The van der Waals surface area contributed by atoms with E-state index in [2.05, 4.69) is 10.3 Å². The van der Waals surface area contributed by atoms with Crippen molar-refractivity contribution in [2.75, 3.05) is 5.32 Å². The van der Waals surface area contributed by atoms with Gasteiger partial charge in [0.15, 0.2) is 0 Å². The second kappa shape index (κ2) is 5.40. The molecule has 0 aliphatic rings. The molecule has 5 nitrogen and oxygen atoms in total. The van der Waals surface area contributed by atoms with Gasteiger partial charge in [-0.15, -0.1) is 0 Å². The molecule has 0 radical (unpaired) electrons. The van der Waals surface area contributed by atoms with Crippen molar-refractivity contribution in [3.63, 3.8) is 0 Å². The summed E-state index contributed by atoms with van der Waals surface area (Å²) in [6, 6.07) is 8.18. The van der Waals surface area contributed by atoms with E-state index in [0.29, 0.717) is 22.6 Å². The highest BCUT2D eigenvalue weighted by Crippen LogP contribution is 2.20. The summed E-state index contributed by atoms with van der Waals surface area (Å²) in [5, 5.41) is 9.93. The summed E-state index contributed by atoms with van der Waals surface area (Å²) in [7, 11) is 0. The van der Waals surface area contributed by atoms with Crippen molar-refractivity contribution in [2.24, 2.45) is 0 Å². The second-order valence-corrected chi connectivity index (χ2v) is 4.86. The van der Waals surface area contributed by atoms with Crippen LogP contribution in [0.2, 0.25) is 0 Å². The number of amides is 1. The smallest absolute Gasteiger partial charge is 0.274 e. The van der Waals surface area contributed by atoms with Crippen molar-refractivity contribution >= 4 is 23.5 Å². The van der Waals surface area contributed by atoms with Crippen molar-refractivity contribution in [1.82, 2.24) is 9.38 Å². The molecule has 0 atom stereocenters. The molecule has 0 spiro atoms. The summed E-state index contributed by atoms with van der Waals surface area (Å²) >= 11 is 0. The Kier molecular flexibility index (Phi) is 3.42. The topological polar surface area (TPSA) is 70.2 Å². The zero-order valence-corrected chi connectivity index (χ0v) is 11.8. The van der Waals surface area contributed by atoms with E-state index in [4.69, 9.17) is 5.41 Å². The summed E-state index contributed by atoms with van der Waals surface area (Å²) < 4.78 is 15.2. The molecule has 110 valence electrons. The second-order valence-electron chi connectivity index (χ2n) is 4.86. The Morgan fingerprint density at radius 3 is 3.00 bits per heavy atom. The molecule has 6 heteroatoms. The highest BCUT2D eigenvalue weighted by Gasteiger charge is 2.14. The van der Waals surface area contributed by atoms with Crippen LogP contribution < -0.4 is 5.32 Å². The summed E-state index contributed by atoms with van der Waals surface area (Å²) in [6.07, 6.45) is 4.15. The molecule has 2 N–H and O–H groups in total. The fourth-order valence-corrected chi connectivity index (χ4v) is 2.22. The van der Waals surface area contributed by atoms with E-state index in [1.807, 2.05) is 12.1 Å². The maximum absolute atomic E-state index is 13.6. The van der Waals surface area contributed by atoms with Crippen molar-refractivity contribution in [1.29, 1.82) is 5.41 Å². The van der Waals surface area contributed by atoms with Crippen molar-refractivity contribution < 1.29 is 9.18 Å². The lowest BCUT2D eigenvalue weighted by Gasteiger charge is -2.10. The van der Waals surface area contributed by atoms with Crippen LogP contribution in [0.3, 0.4) is 0 Å². The molecule has 0 saturated carbocycles. The number of pyridine rings is 1. The molecule has 2 aromatic heterocycles. The van der Waals surface area contributed by atoms with Gasteiger partial charge in [-0.05, 0) is 36.8 Å². The highest BCUT2D eigenvalue weighted by atomic mass is 19.1. The average Bonchev–Trinajstić information content (AvgIpc) is 2.94. The quantitative estimate of drug-likeness (QED) is 0.729. The van der Waals surface area contributed by atoms with Gasteiger partial charge in [0.2, 0.25) is 0 Å². The number of imidazole rings is 1.